The van der Waals surface area contributed by atoms with Gasteiger partial charge in [-0.25, -0.2) is 4.99 Å². The number of rotatable bonds is 12. The molecule has 8 nitrogen and oxygen atoms in total. The zero-order chi connectivity index (χ0) is 29.0. The third-order valence-electron chi connectivity index (χ3n) is 7.80. The van der Waals surface area contributed by atoms with Crippen molar-refractivity contribution in [1.82, 2.24) is 4.90 Å². The molecule has 2 aromatic rings. The van der Waals surface area contributed by atoms with Crippen LogP contribution in [0.4, 0.5) is 22.7 Å². The third kappa shape index (κ3) is 8.07. The summed E-state index contributed by atoms with van der Waals surface area (Å²) in [5.41, 5.74) is 5.70. The Morgan fingerprint density at radius 1 is 1.07 bits per heavy atom. The van der Waals surface area contributed by atoms with Gasteiger partial charge in [0.2, 0.25) is 0 Å². The number of nitrogens with one attached hydrogen (secondary N) is 3. The molecule has 220 valence electrons. The van der Waals surface area contributed by atoms with Crippen molar-refractivity contribution in [3.05, 3.63) is 65.9 Å². The van der Waals surface area contributed by atoms with Crippen LogP contribution in [0.1, 0.15) is 39.5 Å². The van der Waals surface area contributed by atoms with Crippen LogP contribution in [-0.2, 0) is 0 Å². The van der Waals surface area contributed by atoms with Gasteiger partial charge < -0.3 is 29.9 Å². The number of aliphatic imine (C=N–C) groups is 2. The number of benzene rings is 2. The molecule has 9 heteroatoms. The minimum Gasteiger partial charge on any atom is -0.495 e. The lowest BCUT2D eigenvalue weighted by atomic mass is 10.0. The number of allylic oxidation sites excluding steroid dienone is 2. The van der Waals surface area contributed by atoms with Crippen LogP contribution in [0.15, 0.2) is 75.9 Å². The van der Waals surface area contributed by atoms with Gasteiger partial charge in [-0.1, -0.05) is 30.2 Å². The van der Waals surface area contributed by atoms with E-state index in [0.717, 1.165) is 53.2 Å². The van der Waals surface area contributed by atoms with Crippen molar-refractivity contribution in [3.63, 3.8) is 0 Å². The van der Waals surface area contributed by atoms with Gasteiger partial charge in [0.1, 0.15) is 18.3 Å². The second-order valence-corrected chi connectivity index (χ2v) is 10.9. The summed E-state index contributed by atoms with van der Waals surface area (Å²) < 4.78 is 9.13. The Hall–Kier alpha value is -3.43. The zero-order valence-corrected chi connectivity index (χ0v) is 25.8. The molecule has 2 aliphatic rings. The molecular formula is C32H45N7OS. The molecule has 0 saturated carbocycles. The predicted molar refractivity (Wildman–Crippen MR) is 179 cm³/mol. The van der Waals surface area contributed by atoms with Crippen LogP contribution in [0.25, 0.3) is 0 Å². The van der Waals surface area contributed by atoms with Gasteiger partial charge in [-0.05, 0) is 89.7 Å². The summed E-state index contributed by atoms with van der Waals surface area (Å²) in [6.45, 7) is 12.8. The number of nitrogens with zero attached hydrogens (tertiary/aromatic N) is 4. The summed E-state index contributed by atoms with van der Waals surface area (Å²) in [5.74, 6) is 1.53. The fourth-order valence-corrected chi connectivity index (χ4v) is 5.97. The Balaban J connectivity index is 1.48. The first kappa shape index (κ1) is 30.5. The van der Waals surface area contributed by atoms with Crippen molar-refractivity contribution in [3.8, 4) is 5.75 Å². The predicted octanol–water partition coefficient (Wildman–Crippen LogP) is 6.88. The molecule has 2 fully saturated rings. The van der Waals surface area contributed by atoms with E-state index in [2.05, 4.69) is 55.1 Å². The van der Waals surface area contributed by atoms with Crippen molar-refractivity contribution in [1.29, 1.82) is 0 Å². The van der Waals surface area contributed by atoms with Gasteiger partial charge in [-0.15, -0.1) is 0 Å². The van der Waals surface area contributed by atoms with Crippen molar-refractivity contribution in [2.75, 3.05) is 66.5 Å². The minimum absolute atomic E-state index is 0.356. The largest absolute Gasteiger partial charge is 0.495 e. The average Bonchev–Trinajstić information content (AvgIpc) is 3.55. The van der Waals surface area contributed by atoms with Crippen LogP contribution in [0.5, 0.6) is 5.75 Å². The van der Waals surface area contributed by atoms with Crippen molar-refractivity contribution in [2.45, 2.75) is 45.6 Å². The number of piperidine rings is 1. The summed E-state index contributed by atoms with van der Waals surface area (Å²) >= 11 is 1.55. The number of hydrogen-bond donors (Lipinski definition) is 3. The Kier molecular flexibility index (Phi) is 11.6. The molecule has 2 heterocycles. The summed E-state index contributed by atoms with van der Waals surface area (Å²) in [6, 6.07) is 15.2. The van der Waals surface area contributed by atoms with Gasteiger partial charge in [0.15, 0.2) is 0 Å². The highest BCUT2D eigenvalue weighted by Gasteiger charge is 2.26. The molecule has 0 bridgehead atoms. The first-order valence-electron chi connectivity index (χ1n) is 14.5. The maximum atomic E-state index is 5.80. The fourth-order valence-electron chi connectivity index (χ4n) is 5.57. The maximum Gasteiger partial charge on any atom is 0.144 e. The van der Waals surface area contributed by atoms with Crippen LogP contribution in [0.2, 0.25) is 0 Å². The van der Waals surface area contributed by atoms with E-state index in [0.29, 0.717) is 12.5 Å². The molecule has 2 aromatic carbocycles. The Labute approximate surface area is 250 Å². The Morgan fingerprint density at radius 3 is 2.46 bits per heavy atom. The second-order valence-electron chi connectivity index (χ2n) is 10.3. The molecule has 3 N–H and O–H groups in total. The highest BCUT2D eigenvalue weighted by Crippen LogP contribution is 2.32. The van der Waals surface area contributed by atoms with Gasteiger partial charge in [0.05, 0.1) is 29.9 Å². The monoisotopic (exact) mass is 575 g/mol. The van der Waals surface area contributed by atoms with Crippen LogP contribution in [-0.4, -0.2) is 69.7 Å². The highest BCUT2D eigenvalue weighted by molar-refractivity contribution is 7.99. The number of para-hydroxylation sites is 2. The number of methoxy groups -OCH3 is 1. The quantitative estimate of drug-likeness (QED) is 0.110. The van der Waals surface area contributed by atoms with Crippen molar-refractivity contribution < 1.29 is 4.74 Å². The molecule has 41 heavy (non-hydrogen) atoms. The van der Waals surface area contributed by atoms with Gasteiger partial charge in [0, 0.05) is 42.7 Å². The standard InChI is InChI=1S/C32H45N7OS/c1-6-11-27(33-3)24(2)32(36-28-12-7-8-13-29(28)37-41-5)35-23-34-30-15-14-26(22-31(30)40-4)39-20-16-25(17-21-39)38-18-9-10-19-38/h6-8,11-15,22,25,34,37H,3,9-10,16-21,23H2,1-2,4-5H3,(H,35,36)/b11-6-,27-24-. The number of ether oxygens (including phenoxy) is 1. The van der Waals surface area contributed by atoms with E-state index in [1.54, 1.807) is 19.1 Å². The van der Waals surface area contributed by atoms with Gasteiger partial charge >= 0.3 is 0 Å². The van der Waals surface area contributed by atoms with Crippen molar-refractivity contribution >= 4 is 47.3 Å². The molecule has 0 radical (unpaired) electrons. The van der Waals surface area contributed by atoms with E-state index in [1.165, 1.54) is 44.5 Å². The summed E-state index contributed by atoms with van der Waals surface area (Å²) in [5, 5.41) is 6.96. The van der Waals surface area contributed by atoms with E-state index in [-0.39, 0.29) is 0 Å². The average molecular weight is 576 g/mol. The lowest BCUT2D eigenvalue weighted by molar-refractivity contribution is 0.208. The minimum atomic E-state index is 0.356. The van der Waals surface area contributed by atoms with E-state index in [9.17, 15) is 0 Å². The van der Waals surface area contributed by atoms with E-state index < -0.39 is 0 Å². The molecule has 0 spiro atoms. The Morgan fingerprint density at radius 2 is 1.80 bits per heavy atom. The second kappa shape index (κ2) is 15.5. The fraction of sp³-hybridized carbons (Fsp3) is 0.438. The zero-order valence-electron chi connectivity index (χ0n) is 24.9. The number of anilines is 4. The van der Waals surface area contributed by atoms with Gasteiger partial charge in [-0.3, -0.25) is 4.99 Å². The maximum absolute atomic E-state index is 5.80. The molecule has 0 amide bonds. The molecule has 0 unspecified atom stereocenters. The topological polar surface area (TPSA) is 76.5 Å². The number of hydrogen-bond acceptors (Lipinski definition) is 8. The summed E-state index contributed by atoms with van der Waals surface area (Å²) in [4.78, 5) is 14.3. The summed E-state index contributed by atoms with van der Waals surface area (Å²) in [7, 11) is 1.72. The lowest BCUT2D eigenvalue weighted by Gasteiger charge is -2.38. The molecule has 2 saturated heterocycles. The molecule has 0 aromatic heterocycles. The van der Waals surface area contributed by atoms with E-state index in [1.807, 2.05) is 56.5 Å². The number of amidine groups is 1. The lowest BCUT2D eigenvalue weighted by Crippen LogP contribution is -2.43. The SMILES string of the molecule is C=NC(/C=C\C)=C(C)\C(=N/CNc1ccc(N2CCC(N3CCCC3)CC2)cc1OC)Nc1ccccc1NSC. The van der Waals surface area contributed by atoms with Crippen LogP contribution in [0.3, 0.4) is 0 Å². The molecule has 0 atom stereocenters. The number of likely N-dealkylation sites (tertiary alicyclic amines) is 1. The van der Waals surface area contributed by atoms with Crippen LogP contribution >= 0.6 is 11.9 Å². The Bertz CT molecular complexity index is 1240. The van der Waals surface area contributed by atoms with Crippen molar-refractivity contribution in [2.24, 2.45) is 9.98 Å². The van der Waals surface area contributed by atoms with E-state index in [4.69, 9.17) is 9.73 Å². The molecule has 0 aliphatic carbocycles. The van der Waals surface area contributed by atoms with Crippen LogP contribution < -0.4 is 25.0 Å². The first-order valence-corrected chi connectivity index (χ1v) is 15.7. The first-order chi connectivity index (χ1) is 20.1. The molecule has 2 aliphatic heterocycles. The normalized spacial score (nSPS) is 17.5. The molecule has 4 rings (SSSR count). The highest BCUT2D eigenvalue weighted by atomic mass is 32.2. The van der Waals surface area contributed by atoms with E-state index >= 15 is 0 Å². The smallest absolute Gasteiger partial charge is 0.144 e. The van der Waals surface area contributed by atoms with Crippen LogP contribution in [0, 0.1) is 0 Å². The molecular weight excluding hydrogens is 530 g/mol. The van der Waals surface area contributed by atoms with Gasteiger partial charge in [0.25, 0.3) is 0 Å². The summed E-state index contributed by atoms with van der Waals surface area (Å²) in [6.07, 6.45) is 11.1. The van der Waals surface area contributed by atoms with Gasteiger partial charge in [-0.2, -0.15) is 0 Å². The third-order valence-corrected chi connectivity index (χ3v) is 8.23.